The lowest BCUT2D eigenvalue weighted by Crippen LogP contribution is -2.37. The second kappa shape index (κ2) is 4.54. The van der Waals surface area contributed by atoms with Gasteiger partial charge in [0.05, 0.1) is 5.75 Å². The van der Waals surface area contributed by atoms with Crippen molar-refractivity contribution in [2.24, 2.45) is 5.84 Å². The highest BCUT2D eigenvalue weighted by Crippen LogP contribution is 2.07. The fourth-order valence-corrected chi connectivity index (χ4v) is 2.24. The fraction of sp³-hybridized carbons (Fsp3) is 0.333. The number of sulfonamides is 1. The largest absolute Gasteiger partial charge is 0.255 e. The zero-order chi connectivity index (χ0) is 10.6. The summed E-state index contributed by atoms with van der Waals surface area (Å²) in [5.74, 6) is 5.30. The van der Waals surface area contributed by atoms with Crippen LogP contribution >= 0.6 is 0 Å². The fourth-order valence-electron chi connectivity index (χ4n) is 1.06. The summed E-state index contributed by atoms with van der Waals surface area (Å²) < 4.78 is 23.9. The first-order valence-corrected chi connectivity index (χ1v) is 5.96. The summed E-state index contributed by atoms with van der Waals surface area (Å²) in [6.45, 7) is 1.98. The van der Waals surface area contributed by atoms with Crippen LogP contribution < -0.4 is 5.84 Å². The summed E-state index contributed by atoms with van der Waals surface area (Å²) >= 11 is 0. The van der Waals surface area contributed by atoms with Crippen LogP contribution in [-0.4, -0.2) is 19.4 Å². The van der Waals surface area contributed by atoms with Gasteiger partial charge in [0.1, 0.15) is 0 Å². The standard InChI is InChI=1S/C9H14N2O2S/c1-2-11(10)14(12,13)8-9-6-4-3-5-7-9/h3-7H,2,8,10H2,1H3. The van der Waals surface area contributed by atoms with Crippen molar-refractivity contribution < 1.29 is 8.42 Å². The summed E-state index contributed by atoms with van der Waals surface area (Å²) in [6, 6.07) is 8.98. The van der Waals surface area contributed by atoms with E-state index in [-0.39, 0.29) is 12.3 Å². The Morgan fingerprint density at radius 3 is 2.36 bits per heavy atom. The van der Waals surface area contributed by atoms with E-state index in [4.69, 9.17) is 5.84 Å². The first-order valence-electron chi connectivity index (χ1n) is 4.35. The van der Waals surface area contributed by atoms with Crippen LogP contribution in [0.3, 0.4) is 0 Å². The molecule has 2 N–H and O–H groups in total. The molecule has 0 heterocycles. The van der Waals surface area contributed by atoms with Gasteiger partial charge in [0.25, 0.3) is 0 Å². The predicted molar refractivity (Wildman–Crippen MR) is 55.6 cm³/mol. The average molecular weight is 214 g/mol. The Morgan fingerprint density at radius 1 is 1.29 bits per heavy atom. The Morgan fingerprint density at radius 2 is 1.86 bits per heavy atom. The van der Waals surface area contributed by atoms with E-state index in [1.807, 2.05) is 6.07 Å². The Labute approximate surface area is 84.4 Å². The first-order chi connectivity index (χ1) is 6.56. The Balaban J connectivity index is 2.79. The molecule has 1 aromatic rings. The van der Waals surface area contributed by atoms with Crippen LogP contribution in [0.1, 0.15) is 12.5 Å². The van der Waals surface area contributed by atoms with E-state index in [0.29, 0.717) is 0 Å². The number of rotatable bonds is 4. The summed E-state index contributed by atoms with van der Waals surface area (Å²) in [5, 5.41) is 0. The predicted octanol–water partition coefficient (Wildman–Crippen LogP) is 0.712. The smallest absolute Gasteiger partial charge is 0.230 e. The van der Waals surface area contributed by atoms with Gasteiger partial charge in [-0.05, 0) is 12.5 Å². The lowest BCUT2D eigenvalue weighted by Gasteiger charge is -2.13. The summed E-state index contributed by atoms with van der Waals surface area (Å²) in [5.41, 5.74) is 0.747. The molecule has 0 fully saturated rings. The van der Waals surface area contributed by atoms with Crippen molar-refractivity contribution in [3.8, 4) is 0 Å². The quantitative estimate of drug-likeness (QED) is 0.593. The van der Waals surface area contributed by atoms with Crippen molar-refractivity contribution in [1.29, 1.82) is 0 Å². The second-order valence-electron chi connectivity index (χ2n) is 2.95. The van der Waals surface area contributed by atoms with Crippen molar-refractivity contribution >= 4 is 10.0 Å². The van der Waals surface area contributed by atoms with Crippen molar-refractivity contribution in [2.75, 3.05) is 6.54 Å². The van der Waals surface area contributed by atoms with Crippen molar-refractivity contribution in [1.82, 2.24) is 4.41 Å². The lowest BCUT2D eigenvalue weighted by molar-refractivity contribution is 0.443. The molecule has 78 valence electrons. The third kappa shape index (κ3) is 2.80. The van der Waals surface area contributed by atoms with Gasteiger partial charge in [-0.25, -0.2) is 8.42 Å². The maximum atomic E-state index is 11.5. The maximum absolute atomic E-state index is 11.5. The van der Waals surface area contributed by atoms with Gasteiger partial charge < -0.3 is 0 Å². The molecule has 0 bridgehead atoms. The molecule has 5 heteroatoms. The molecule has 0 aliphatic rings. The molecule has 0 radical (unpaired) electrons. The summed E-state index contributed by atoms with van der Waals surface area (Å²) in [4.78, 5) is 0. The minimum Gasteiger partial charge on any atom is -0.255 e. The minimum absolute atomic E-state index is 0.0435. The lowest BCUT2D eigenvalue weighted by atomic mass is 10.2. The maximum Gasteiger partial charge on any atom is 0.230 e. The summed E-state index contributed by atoms with van der Waals surface area (Å²) in [6.07, 6.45) is 0. The molecular formula is C9H14N2O2S. The molecule has 0 atom stereocenters. The number of hydrogen-bond donors (Lipinski definition) is 1. The summed E-state index contributed by atoms with van der Waals surface area (Å²) in [7, 11) is -3.35. The molecule has 4 nitrogen and oxygen atoms in total. The van der Waals surface area contributed by atoms with Gasteiger partial charge in [-0.1, -0.05) is 30.3 Å². The van der Waals surface area contributed by atoms with Gasteiger partial charge in [0.15, 0.2) is 0 Å². The van der Waals surface area contributed by atoms with Crippen LogP contribution in [0.25, 0.3) is 0 Å². The zero-order valence-corrected chi connectivity index (χ0v) is 8.87. The molecule has 0 saturated carbocycles. The van der Waals surface area contributed by atoms with E-state index in [0.717, 1.165) is 9.98 Å². The molecule has 0 aliphatic carbocycles. The van der Waals surface area contributed by atoms with Crippen molar-refractivity contribution in [3.63, 3.8) is 0 Å². The first kappa shape index (κ1) is 11.2. The van der Waals surface area contributed by atoms with E-state index in [9.17, 15) is 8.42 Å². The Hall–Kier alpha value is -0.910. The topological polar surface area (TPSA) is 63.4 Å². The van der Waals surface area contributed by atoms with Crippen LogP contribution in [0, 0.1) is 0 Å². The van der Waals surface area contributed by atoms with Gasteiger partial charge in [-0.3, -0.25) is 5.84 Å². The number of nitrogens with zero attached hydrogens (tertiary/aromatic N) is 1. The third-order valence-electron chi connectivity index (χ3n) is 1.86. The Kier molecular flexibility index (Phi) is 3.62. The van der Waals surface area contributed by atoms with Crippen LogP contribution in [-0.2, 0) is 15.8 Å². The SMILES string of the molecule is CCN(N)S(=O)(=O)Cc1ccccc1. The van der Waals surface area contributed by atoms with Crippen LogP contribution in [0.4, 0.5) is 0 Å². The number of hydrogen-bond acceptors (Lipinski definition) is 3. The Bertz CT molecular complexity index is 375. The highest BCUT2D eigenvalue weighted by Gasteiger charge is 2.16. The zero-order valence-electron chi connectivity index (χ0n) is 8.05. The molecular weight excluding hydrogens is 200 g/mol. The molecule has 0 unspecified atom stereocenters. The minimum atomic E-state index is -3.35. The van der Waals surface area contributed by atoms with E-state index in [1.54, 1.807) is 31.2 Å². The molecule has 0 amide bonds. The molecule has 1 aromatic carbocycles. The normalized spacial score (nSPS) is 11.9. The van der Waals surface area contributed by atoms with Gasteiger partial charge in [0.2, 0.25) is 10.0 Å². The highest BCUT2D eigenvalue weighted by molar-refractivity contribution is 7.88. The van der Waals surface area contributed by atoms with Gasteiger partial charge in [0, 0.05) is 6.54 Å². The van der Waals surface area contributed by atoms with E-state index < -0.39 is 10.0 Å². The van der Waals surface area contributed by atoms with Crippen molar-refractivity contribution in [3.05, 3.63) is 35.9 Å². The number of nitrogens with two attached hydrogens (primary N) is 1. The van der Waals surface area contributed by atoms with Crippen LogP contribution in [0.2, 0.25) is 0 Å². The van der Waals surface area contributed by atoms with E-state index in [1.165, 1.54) is 0 Å². The molecule has 0 aliphatic heterocycles. The molecule has 0 saturated heterocycles. The van der Waals surface area contributed by atoms with Crippen LogP contribution in [0.15, 0.2) is 30.3 Å². The number of benzene rings is 1. The van der Waals surface area contributed by atoms with Gasteiger partial charge in [-0.2, -0.15) is 0 Å². The number of hydrazine groups is 1. The van der Waals surface area contributed by atoms with Crippen LogP contribution in [0.5, 0.6) is 0 Å². The van der Waals surface area contributed by atoms with Gasteiger partial charge >= 0.3 is 0 Å². The monoisotopic (exact) mass is 214 g/mol. The molecule has 14 heavy (non-hydrogen) atoms. The molecule has 0 spiro atoms. The average Bonchev–Trinajstić information content (AvgIpc) is 2.17. The molecule has 1 rings (SSSR count). The molecule has 0 aromatic heterocycles. The third-order valence-corrected chi connectivity index (χ3v) is 3.53. The van der Waals surface area contributed by atoms with Crippen molar-refractivity contribution in [2.45, 2.75) is 12.7 Å². The van der Waals surface area contributed by atoms with E-state index >= 15 is 0 Å². The second-order valence-corrected chi connectivity index (χ2v) is 4.87. The highest BCUT2D eigenvalue weighted by atomic mass is 32.2. The van der Waals surface area contributed by atoms with Gasteiger partial charge in [-0.15, -0.1) is 4.41 Å². The van der Waals surface area contributed by atoms with E-state index in [2.05, 4.69) is 0 Å².